The van der Waals surface area contributed by atoms with Crippen LogP contribution in [0.3, 0.4) is 0 Å². The van der Waals surface area contributed by atoms with E-state index in [1.165, 1.54) is 12.5 Å². The van der Waals surface area contributed by atoms with Crippen molar-refractivity contribution in [2.24, 2.45) is 11.1 Å². The minimum atomic E-state index is -4.64. The van der Waals surface area contributed by atoms with Crippen LogP contribution in [0.4, 0.5) is 13.2 Å². The van der Waals surface area contributed by atoms with Gasteiger partial charge in [0.15, 0.2) is 11.5 Å². The van der Waals surface area contributed by atoms with Crippen molar-refractivity contribution in [3.63, 3.8) is 0 Å². The van der Waals surface area contributed by atoms with Crippen molar-refractivity contribution in [3.8, 4) is 5.69 Å². The number of aryl methyl sites for hydroxylation is 1. The molecule has 0 aliphatic carbocycles. The Balaban J connectivity index is 0.000000548. The molecular formula is C29H37ClF3N3O2. The molecule has 0 unspecified atom stereocenters. The van der Waals surface area contributed by atoms with Crippen molar-refractivity contribution < 1.29 is 22.8 Å². The zero-order valence-corrected chi connectivity index (χ0v) is 23.6. The van der Waals surface area contributed by atoms with Crippen LogP contribution in [0.15, 0.2) is 54.6 Å². The summed E-state index contributed by atoms with van der Waals surface area (Å²) in [6.07, 6.45) is -2.74. The average Bonchev–Trinajstić information content (AvgIpc) is 3.32. The summed E-state index contributed by atoms with van der Waals surface area (Å²) < 4.78 is 40.0. The van der Waals surface area contributed by atoms with Gasteiger partial charge in [-0.3, -0.25) is 9.59 Å². The summed E-state index contributed by atoms with van der Waals surface area (Å²) in [6, 6.07) is 15.4. The van der Waals surface area contributed by atoms with Gasteiger partial charge in [0.2, 0.25) is 0 Å². The zero-order valence-electron chi connectivity index (χ0n) is 22.8. The van der Waals surface area contributed by atoms with E-state index in [9.17, 15) is 22.8 Å². The number of halogens is 4. The number of carbonyl (C=O) groups is 2. The SMILES string of the molecule is CC.CC(=O)c1cc(C(F)(F)F)nn1-c1cccc(CC(C)(C)CC(=O)CN)c1.CCc1ccc(Cl)cc1. The molecule has 0 radical (unpaired) electrons. The minimum Gasteiger partial charge on any atom is -0.324 e. The molecule has 1 heterocycles. The molecule has 3 rings (SSSR count). The van der Waals surface area contributed by atoms with Gasteiger partial charge in [-0.2, -0.15) is 18.3 Å². The van der Waals surface area contributed by atoms with Crippen LogP contribution in [-0.2, 0) is 23.8 Å². The summed E-state index contributed by atoms with van der Waals surface area (Å²) in [5.74, 6) is -0.575. The monoisotopic (exact) mass is 551 g/mol. The third kappa shape index (κ3) is 10.4. The molecule has 2 N–H and O–H groups in total. The van der Waals surface area contributed by atoms with Crippen molar-refractivity contribution in [2.45, 2.75) is 67.0 Å². The summed E-state index contributed by atoms with van der Waals surface area (Å²) in [6.45, 7) is 11.1. The van der Waals surface area contributed by atoms with Gasteiger partial charge in [-0.05, 0) is 53.6 Å². The van der Waals surface area contributed by atoms with Crippen molar-refractivity contribution in [1.82, 2.24) is 9.78 Å². The van der Waals surface area contributed by atoms with Crippen molar-refractivity contribution in [1.29, 1.82) is 0 Å². The van der Waals surface area contributed by atoms with Gasteiger partial charge < -0.3 is 5.73 Å². The first kappa shape index (κ1) is 33.1. The Kier molecular flexibility index (Phi) is 12.9. The summed E-state index contributed by atoms with van der Waals surface area (Å²) in [5, 5.41) is 4.38. The third-order valence-corrected chi connectivity index (χ3v) is 5.68. The number of hydrogen-bond donors (Lipinski definition) is 1. The van der Waals surface area contributed by atoms with Crippen LogP contribution in [0.2, 0.25) is 5.02 Å². The van der Waals surface area contributed by atoms with Gasteiger partial charge in [-0.1, -0.05) is 70.5 Å². The van der Waals surface area contributed by atoms with Gasteiger partial charge in [0.25, 0.3) is 0 Å². The quantitative estimate of drug-likeness (QED) is 0.294. The number of benzene rings is 2. The zero-order chi connectivity index (χ0) is 29.1. The van der Waals surface area contributed by atoms with E-state index in [-0.39, 0.29) is 23.4 Å². The van der Waals surface area contributed by atoms with Gasteiger partial charge in [0.1, 0.15) is 11.5 Å². The van der Waals surface area contributed by atoms with Crippen LogP contribution in [-0.4, -0.2) is 27.9 Å². The summed E-state index contributed by atoms with van der Waals surface area (Å²) in [4.78, 5) is 23.4. The number of nitrogens with zero attached hydrogens (tertiary/aromatic N) is 2. The van der Waals surface area contributed by atoms with Gasteiger partial charge in [-0.15, -0.1) is 0 Å². The Labute approximate surface area is 228 Å². The number of alkyl halides is 3. The largest absolute Gasteiger partial charge is 0.435 e. The number of Topliss-reactive ketones (excluding diaryl/α,β-unsaturated/α-hetero) is 2. The Morgan fingerprint density at radius 3 is 2.11 bits per heavy atom. The fraction of sp³-hybridized carbons (Fsp3) is 0.414. The molecule has 0 saturated carbocycles. The normalized spacial score (nSPS) is 11.1. The lowest BCUT2D eigenvalue weighted by Crippen LogP contribution is -2.24. The third-order valence-electron chi connectivity index (χ3n) is 5.42. The number of nitrogens with two attached hydrogens (primary N) is 1. The number of ketones is 2. The molecule has 0 saturated heterocycles. The topological polar surface area (TPSA) is 78.0 Å². The van der Waals surface area contributed by atoms with Crippen molar-refractivity contribution in [3.05, 3.63) is 82.1 Å². The Bertz CT molecular complexity index is 1190. The highest BCUT2D eigenvalue weighted by Gasteiger charge is 2.35. The molecule has 0 bridgehead atoms. The first-order chi connectivity index (χ1) is 17.8. The average molecular weight is 552 g/mol. The lowest BCUT2D eigenvalue weighted by atomic mass is 9.81. The molecule has 3 aromatic rings. The number of carbonyl (C=O) groups excluding carboxylic acids is 2. The Morgan fingerprint density at radius 2 is 1.61 bits per heavy atom. The number of aromatic nitrogens is 2. The fourth-order valence-corrected chi connectivity index (χ4v) is 3.83. The second kappa shape index (κ2) is 14.8. The van der Waals surface area contributed by atoms with E-state index in [0.717, 1.165) is 27.8 Å². The lowest BCUT2D eigenvalue weighted by Gasteiger charge is -2.24. The van der Waals surface area contributed by atoms with E-state index in [1.807, 2.05) is 58.0 Å². The molecule has 0 spiro atoms. The first-order valence-electron chi connectivity index (χ1n) is 12.5. The van der Waals surface area contributed by atoms with E-state index in [4.69, 9.17) is 17.3 Å². The summed E-state index contributed by atoms with van der Waals surface area (Å²) in [5.41, 5.74) is 6.26. The Morgan fingerprint density at radius 1 is 1.00 bits per heavy atom. The molecular weight excluding hydrogens is 515 g/mol. The van der Waals surface area contributed by atoms with Crippen molar-refractivity contribution in [2.75, 3.05) is 6.54 Å². The van der Waals surface area contributed by atoms with Gasteiger partial charge in [-0.25, -0.2) is 4.68 Å². The molecule has 1 aromatic heterocycles. The van der Waals surface area contributed by atoms with E-state index in [0.29, 0.717) is 18.5 Å². The van der Waals surface area contributed by atoms with Gasteiger partial charge >= 0.3 is 6.18 Å². The number of hydrogen-bond acceptors (Lipinski definition) is 4. The van der Waals surface area contributed by atoms with Crippen LogP contribution in [0.25, 0.3) is 5.69 Å². The highest BCUT2D eigenvalue weighted by molar-refractivity contribution is 6.30. The van der Waals surface area contributed by atoms with Crippen molar-refractivity contribution >= 4 is 23.2 Å². The van der Waals surface area contributed by atoms with E-state index < -0.39 is 17.7 Å². The van der Waals surface area contributed by atoms with Crippen LogP contribution >= 0.6 is 11.6 Å². The van der Waals surface area contributed by atoms with Gasteiger partial charge in [0.05, 0.1) is 12.2 Å². The van der Waals surface area contributed by atoms with Gasteiger partial charge in [0, 0.05) is 24.4 Å². The van der Waals surface area contributed by atoms with Crippen LogP contribution in [0.5, 0.6) is 0 Å². The Hall–Kier alpha value is -2.97. The highest BCUT2D eigenvalue weighted by Crippen LogP contribution is 2.31. The summed E-state index contributed by atoms with van der Waals surface area (Å²) in [7, 11) is 0. The standard InChI is InChI=1S/C19H22F3N3O2.C8H9Cl.C2H6/c1-12(26)16-8-17(19(20,21)22)24-25(16)14-6-4-5-13(7-14)9-18(2,3)10-15(27)11-23;1-2-7-3-5-8(9)6-4-7;1-2/h4-8H,9-11,23H2,1-3H3;3-6H,2H2,1H3;1-2H3. The predicted octanol–water partition coefficient (Wildman–Crippen LogP) is 7.51. The maximum Gasteiger partial charge on any atom is 0.435 e. The van der Waals surface area contributed by atoms with E-state index in [2.05, 4.69) is 12.0 Å². The molecule has 0 amide bonds. The van der Waals surface area contributed by atoms with Crippen LogP contribution in [0, 0.1) is 5.41 Å². The molecule has 2 aromatic carbocycles. The molecule has 0 aliphatic heterocycles. The minimum absolute atomic E-state index is 0.0288. The molecule has 9 heteroatoms. The van der Waals surface area contributed by atoms with E-state index in [1.54, 1.807) is 18.2 Å². The smallest absolute Gasteiger partial charge is 0.324 e. The second-order valence-electron chi connectivity index (χ2n) is 9.29. The molecule has 0 aliphatic rings. The molecule has 0 fully saturated rings. The molecule has 38 heavy (non-hydrogen) atoms. The molecule has 0 atom stereocenters. The highest BCUT2D eigenvalue weighted by atomic mass is 35.5. The first-order valence-corrected chi connectivity index (χ1v) is 12.9. The maximum absolute atomic E-state index is 13.0. The predicted molar refractivity (Wildman–Crippen MR) is 147 cm³/mol. The van der Waals surface area contributed by atoms with Crippen LogP contribution < -0.4 is 5.73 Å². The maximum atomic E-state index is 13.0. The molecule has 208 valence electrons. The van der Waals surface area contributed by atoms with Crippen LogP contribution in [0.1, 0.15) is 75.3 Å². The lowest BCUT2D eigenvalue weighted by molar-refractivity contribution is -0.141. The number of rotatable bonds is 8. The second-order valence-corrected chi connectivity index (χ2v) is 9.73. The molecule has 5 nitrogen and oxygen atoms in total. The fourth-order valence-electron chi connectivity index (χ4n) is 3.71. The van der Waals surface area contributed by atoms with E-state index >= 15 is 0 Å². The summed E-state index contributed by atoms with van der Waals surface area (Å²) >= 11 is 5.67.